The van der Waals surface area contributed by atoms with Gasteiger partial charge in [-0.3, -0.25) is 14.6 Å². The van der Waals surface area contributed by atoms with Crippen LogP contribution in [0.3, 0.4) is 0 Å². The van der Waals surface area contributed by atoms with Crippen LogP contribution in [0.25, 0.3) is 5.70 Å². The highest BCUT2D eigenvalue weighted by molar-refractivity contribution is 7.16. The largest absolute Gasteiger partial charge is 0.416 e. The van der Waals surface area contributed by atoms with Gasteiger partial charge in [0, 0.05) is 55.4 Å². The number of benzene rings is 2. The molecule has 0 bridgehead atoms. The van der Waals surface area contributed by atoms with E-state index in [-0.39, 0.29) is 23.1 Å². The molecule has 1 aromatic heterocycles. The molecule has 1 aliphatic heterocycles. The molecule has 4 N–H and O–H groups in total. The van der Waals surface area contributed by atoms with Crippen molar-refractivity contribution in [3.63, 3.8) is 0 Å². The van der Waals surface area contributed by atoms with E-state index in [0.29, 0.717) is 35.3 Å². The predicted molar refractivity (Wildman–Crippen MR) is 163 cm³/mol. The molecule has 228 valence electrons. The number of hydrazine groups is 2. The number of carbonyl (C=O) groups is 2. The number of carbonyl (C=O) groups excluding carboxylic acids is 2. The summed E-state index contributed by atoms with van der Waals surface area (Å²) in [5, 5.41) is 7.70. The molecule has 0 spiro atoms. The van der Waals surface area contributed by atoms with Crippen LogP contribution in [0, 0.1) is 12.8 Å². The summed E-state index contributed by atoms with van der Waals surface area (Å²) in [5.74, 6) is -0.486. The number of hydrogen-bond acceptors (Lipinski definition) is 9. The maximum Gasteiger partial charge on any atom is 0.416 e. The molecule has 1 saturated carbocycles. The number of thiazole rings is 1. The molecule has 1 fully saturated rings. The molecule has 5 rings (SSSR count). The highest BCUT2D eigenvalue weighted by atomic mass is 32.1. The Kier molecular flexibility index (Phi) is 8.62. The molecular weight excluding hydrogens is 581 g/mol. The van der Waals surface area contributed by atoms with Gasteiger partial charge in [-0.15, -0.1) is 5.53 Å². The third-order valence-corrected chi connectivity index (χ3v) is 8.02. The molecule has 10 nitrogen and oxygen atoms in total. The first-order chi connectivity index (χ1) is 20.4. The number of aromatic nitrogens is 1. The van der Waals surface area contributed by atoms with Crippen LogP contribution in [0.2, 0.25) is 0 Å². The monoisotopic (exact) mass is 614 g/mol. The smallest absolute Gasteiger partial charge is 0.373 e. The lowest BCUT2D eigenvalue weighted by molar-refractivity contribution is -0.137. The van der Waals surface area contributed by atoms with E-state index in [2.05, 4.69) is 26.6 Å². The summed E-state index contributed by atoms with van der Waals surface area (Å²) < 4.78 is 41.1. The zero-order chi connectivity index (χ0) is 30.9. The standard InChI is InChI=1S/C29H33F3N8O2S/c1-17-5-6-19(27(42)34-21-12-20(29(30,31)32)13-22(14-21)39(4)10-9-38(2)3)11-24(17)40-16-23(36-37-40)25-15-33-28(43-25)35-26(41)18-7-8-18/h5-6,11-16,18,36-37H,7-10H2,1-4H3,(H,34,42)(H,33,35,41). The summed E-state index contributed by atoms with van der Waals surface area (Å²) in [6, 6.07) is 8.60. The Labute approximate surface area is 251 Å². The van der Waals surface area contributed by atoms with Gasteiger partial charge >= 0.3 is 6.18 Å². The first kappa shape index (κ1) is 30.3. The van der Waals surface area contributed by atoms with Crippen LogP contribution in [0.15, 0.2) is 48.8 Å². The summed E-state index contributed by atoms with van der Waals surface area (Å²) in [4.78, 5) is 34.1. The normalized spacial score (nSPS) is 14.9. The average Bonchev–Trinajstić information content (AvgIpc) is 3.52. The van der Waals surface area contributed by atoms with Crippen LogP contribution in [0.4, 0.5) is 35.4 Å². The Morgan fingerprint density at radius 2 is 1.86 bits per heavy atom. The van der Waals surface area contributed by atoms with Crippen molar-refractivity contribution < 1.29 is 22.8 Å². The fourth-order valence-electron chi connectivity index (χ4n) is 4.34. The van der Waals surface area contributed by atoms with Gasteiger partial charge in [0.15, 0.2) is 5.13 Å². The molecule has 14 heteroatoms. The number of rotatable bonds is 10. The minimum atomic E-state index is -4.57. The number of nitrogens with zero attached hydrogens (tertiary/aromatic N) is 4. The minimum Gasteiger partial charge on any atom is -0.373 e. The molecule has 0 radical (unpaired) electrons. The number of aryl methyl sites for hydroxylation is 1. The van der Waals surface area contributed by atoms with E-state index in [4.69, 9.17) is 0 Å². The maximum atomic E-state index is 13.7. The second kappa shape index (κ2) is 12.2. The maximum absolute atomic E-state index is 13.7. The molecule has 43 heavy (non-hydrogen) atoms. The summed E-state index contributed by atoms with van der Waals surface area (Å²) in [5.41, 5.74) is 8.17. The van der Waals surface area contributed by atoms with Crippen molar-refractivity contribution in [1.82, 2.24) is 20.8 Å². The zero-order valence-electron chi connectivity index (χ0n) is 24.2. The van der Waals surface area contributed by atoms with E-state index >= 15 is 0 Å². The highest BCUT2D eigenvalue weighted by Gasteiger charge is 2.32. The second-order valence-corrected chi connectivity index (χ2v) is 11.9. The highest BCUT2D eigenvalue weighted by Crippen LogP contribution is 2.35. The number of halogens is 3. The van der Waals surface area contributed by atoms with Crippen molar-refractivity contribution >= 4 is 51.0 Å². The zero-order valence-corrected chi connectivity index (χ0v) is 25.0. The predicted octanol–water partition coefficient (Wildman–Crippen LogP) is 4.90. The molecule has 0 atom stereocenters. The Hall–Kier alpha value is -4.14. The van der Waals surface area contributed by atoms with Crippen molar-refractivity contribution in [2.75, 3.05) is 54.8 Å². The van der Waals surface area contributed by atoms with E-state index in [1.54, 1.807) is 47.6 Å². The van der Waals surface area contributed by atoms with Crippen molar-refractivity contribution in [3.8, 4) is 0 Å². The molecule has 1 aliphatic carbocycles. The SMILES string of the molecule is Cc1ccc(C(=O)Nc2cc(N(C)CCN(C)C)cc(C(F)(F)F)c2)cc1N1C=C(c2cnc(NC(=O)C3CC3)s2)NN1. The van der Waals surface area contributed by atoms with Gasteiger partial charge in [-0.05, 0) is 69.8 Å². The van der Waals surface area contributed by atoms with E-state index in [9.17, 15) is 22.8 Å². The second-order valence-electron chi connectivity index (χ2n) is 10.9. The number of nitrogens with one attached hydrogen (secondary N) is 4. The van der Waals surface area contributed by atoms with Gasteiger partial charge in [0.2, 0.25) is 5.91 Å². The van der Waals surface area contributed by atoms with E-state index in [1.807, 2.05) is 25.9 Å². The van der Waals surface area contributed by atoms with Crippen LogP contribution < -0.4 is 31.5 Å². The average molecular weight is 615 g/mol. The van der Waals surface area contributed by atoms with Gasteiger partial charge in [-0.2, -0.15) is 13.2 Å². The van der Waals surface area contributed by atoms with Crippen LogP contribution in [-0.2, 0) is 11.0 Å². The lowest BCUT2D eigenvalue weighted by atomic mass is 10.1. The lowest BCUT2D eigenvalue weighted by Gasteiger charge is -2.23. The molecule has 3 aromatic rings. The molecule has 0 unspecified atom stereocenters. The third-order valence-electron chi connectivity index (χ3n) is 7.08. The van der Waals surface area contributed by atoms with Crippen molar-refractivity contribution in [2.24, 2.45) is 5.92 Å². The summed E-state index contributed by atoms with van der Waals surface area (Å²) >= 11 is 1.33. The number of likely N-dealkylation sites (N-methyl/N-ethyl adjacent to an activating group) is 2. The first-order valence-electron chi connectivity index (χ1n) is 13.7. The van der Waals surface area contributed by atoms with Crippen LogP contribution in [0.5, 0.6) is 0 Å². The molecular formula is C29H33F3N8O2S. The number of anilines is 4. The lowest BCUT2D eigenvalue weighted by Crippen LogP contribution is -2.36. The summed E-state index contributed by atoms with van der Waals surface area (Å²) in [7, 11) is 5.49. The van der Waals surface area contributed by atoms with Gasteiger partial charge in [-0.25, -0.2) is 4.98 Å². The van der Waals surface area contributed by atoms with Crippen LogP contribution >= 0.6 is 11.3 Å². The van der Waals surface area contributed by atoms with Gasteiger partial charge in [0.1, 0.15) is 0 Å². The molecule has 2 amide bonds. The topological polar surface area (TPSA) is 105 Å². The Bertz CT molecular complexity index is 1550. The number of amides is 2. The van der Waals surface area contributed by atoms with Gasteiger partial charge in [-0.1, -0.05) is 17.4 Å². The fourth-order valence-corrected chi connectivity index (χ4v) is 5.12. The van der Waals surface area contributed by atoms with Crippen LogP contribution in [-0.4, -0.2) is 55.9 Å². The van der Waals surface area contributed by atoms with Gasteiger partial charge in [0.05, 0.1) is 21.8 Å². The Balaban J connectivity index is 1.32. The van der Waals surface area contributed by atoms with Crippen molar-refractivity contribution in [3.05, 3.63) is 70.4 Å². The van der Waals surface area contributed by atoms with Gasteiger partial charge < -0.3 is 25.9 Å². The number of alkyl halides is 3. The summed E-state index contributed by atoms with van der Waals surface area (Å²) in [6.07, 6.45) is 0.694. The Morgan fingerprint density at radius 1 is 1.09 bits per heavy atom. The van der Waals surface area contributed by atoms with E-state index < -0.39 is 17.6 Å². The quantitative estimate of drug-likeness (QED) is 0.256. The molecule has 2 aliphatic rings. The first-order valence-corrected chi connectivity index (χ1v) is 14.5. The van der Waals surface area contributed by atoms with E-state index in [1.165, 1.54) is 17.4 Å². The third kappa shape index (κ3) is 7.45. The van der Waals surface area contributed by atoms with E-state index in [0.717, 1.165) is 35.4 Å². The van der Waals surface area contributed by atoms with Crippen molar-refractivity contribution in [1.29, 1.82) is 0 Å². The van der Waals surface area contributed by atoms with Crippen molar-refractivity contribution in [2.45, 2.75) is 25.9 Å². The minimum absolute atomic E-state index is 0.0163. The summed E-state index contributed by atoms with van der Waals surface area (Å²) in [6.45, 7) is 3.04. The Morgan fingerprint density at radius 3 is 2.56 bits per heavy atom. The molecule has 2 aromatic carbocycles. The molecule has 2 heterocycles. The number of hydrogen-bond donors (Lipinski definition) is 4. The van der Waals surface area contributed by atoms with Crippen LogP contribution in [0.1, 0.15) is 39.2 Å². The van der Waals surface area contributed by atoms with Gasteiger partial charge in [0.25, 0.3) is 5.91 Å². The molecule has 0 saturated heterocycles. The fraction of sp³-hybridized carbons (Fsp3) is 0.345.